The van der Waals surface area contributed by atoms with Crippen molar-refractivity contribution < 1.29 is 22.6 Å². The van der Waals surface area contributed by atoms with Crippen LogP contribution in [0.15, 0.2) is 12.1 Å². The molecule has 19 heavy (non-hydrogen) atoms. The molecule has 1 aromatic carbocycles. The van der Waals surface area contributed by atoms with Crippen molar-refractivity contribution in [3.63, 3.8) is 0 Å². The predicted octanol–water partition coefficient (Wildman–Crippen LogP) is 4.79. The Balaban J connectivity index is 2.93. The Hall–Kier alpha value is -0.910. The second-order valence-corrected chi connectivity index (χ2v) is 5.29. The summed E-state index contributed by atoms with van der Waals surface area (Å²) in [6.07, 6.45) is -4.98. The summed E-state index contributed by atoms with van der Waals surface area (Å²) >= 11 is 3.30. The molecular formula is C13H16BrF3O2. The number of halogens is 4. The molecule has 0 radical (unpaired) electrons. The maximum atomic E-state index is 12.2. The number of rotatable bonds is 5. The van der Waals surface area contributed by atoms with Gasteiger partial charge >= 0.3 is 6.18 Å². The van der Waals surface area contributed by atoms with Gasteiger partial charge < -0.3 is 9.47 Å². The number of methoxy groups -OCH3 is 2. The minimum Gasteiger partial charge on any atom is -0.493 e. The third-order valence-electron chi connectivity index (χ3n) is 2.79. The fourth-order valence-electron chi connectivity index (χ4n) is 1.78. The van der Waals surface area contributed by atoms with E-state index in [1.165, 1.54) is 14.2 Å². The fraction of sp³-hybridized carbons (Fsp3) is 0.538. The van der Waals surface area contributed by atoms with Crippen LogP contribution >= 0.6 is 15.9 Å². The van der Waals surface area contributed by atoms with Crippen LogP contribution in [0.1, 0.15) is 28.8 Å². The summed E-state index contributed by atoms with van der Waals surface area (Å²) in [7, 11) is 3.02. The van der Waals surface area contributed by atoms with E-state index in [1.807, 2.05) is 6.92 Å². The summed E-state index contributed by atoms with van der Waals surface area (Å²) in [5.41, 5.74) is 1.64. The highest BCUT2D eigenvalue weighted by molar-refractivity contribution is 9.09. The Kier molecular flexibility index (Phi) is 5.52. The molecular weight excluding hydrogens is 325 g/mol. The van der Waals surface area contributed by atoms with Crippen molar-refractivity contribution >= 4 is 15.9 Å². The molecule has 0 saturated heterocycles. The molecule has 0 fully saturated rings. The van der Waals surface area contributed by atoms with Gasteiger partial charge in [-0.2, -0.15) is 13.2 Å². The number of aryl methyl sites for hydroxylation is 1. The van der Waals surface area contributed by atoms with Crippen molar-refractivity contribution in [1.82, 2.24) is 0 Å². The number of alkyl halides is 4. The molecule has 1 unspecified atom stereocenters. The molecule has 1 aromatic rings. The maximum Gasteiger partial charge on any atom is 0.389 e. The van der Waals surface area contributed by atoms with Crippen molar-refractivity contribution in [2.75, 3.05) is 14.2 Å². The fourth-order valence-corrected chi connectivity index (χ4v) is 2.50. The number of benzene rings is 1. The van der Waals surface area contributed by atoms with Crippen molar-refractivity contribution in [2.45, 2.75) is 30.8 Å². The Bertz CT molecular complexity index is 433. The van der Waals surface area contributed by atoms with Crippen molar-refractivity contribution in [2.24, 2.45) is 0 Å². The van der Waals surface area contributed by atoms with E-state index in [0.717, 1.165) is 11.1 Å². The highest BCUT2D eigenvalue weighted by Gasteiger charge is 2.28. The SMILES string of the molecule is COc1cc(C)c(C(Br)CCC(F)(F)F)cc1OC. The van der Waals surface area contributed by atoms with Crippen LogP contribution in [0.2, 0.25) is 0 Å². The molecule has 0 spiro atoms. The van der Waals surface area contributed by atoms with Gasteiger partial charge in [-0.25, -0.2) is 0 Å². The van der Waals surface area contributed by atoms with E-state index in [0.29, 0.717) is 11.5 Å². The van der Waals surface area contributed by atoms with Crippen LogP contribution in [-0.4, -0.2) is 20.4 Å². The van der Waals surface area contributed by atoms with Crippen LogP contribution in [-0.2, 0) is 0 Å². The Morgan fingerprint density at radius 1 is 1.16 bits per heavy atom. The third-order valence-corrected chi connectivity index (χ3v) is 3.74. The molecule has 0 heterocycles. The second kappa shape index (κ2) is 6.50. The highest BCUT2D eigenvalue weighted by atomic mass is 79.9. The monoisotopic (exact) mass is 340 g/mol. The van der Waals surface area contributed by atoms with Gasteiger partial charge in [-0.15, -0.1) is 0 Å². The van der Waals surface area contributed by atoms with Crippen LogP contribution in [0.5, 0.6) is 11.5 Å². The Morgan fingerprint density at radius 2 is 1.68 bits per heavy atom. The average molecular weight is 341 g/mol. The van der Waals surface area contributed by atoms with Gasteiger partial charge in [-0.05, 0) is 36.6 Å². The minimum atomic E-state index is -4.14. The quantitative estimate of drug-likeness (QED) is 0.717. The number of hydrogen-bond acceptors (Lipinski definition) is 2. The molecule has 0 N–H and O–H groups in total. The van der Waals surface area contributed by atoms with Crippen molar-refractivity contribution in [3.05, 3.63) is 23.3 Å². The zero-order chi connectivity index (χ0) is 14.6. The number of hydrogen-bond donors (Lipinski definition) is 0. The minimum absolute atomic E-state index is 0.0141. The molecule has 0 saturated carbocycles. The van der Waals surface area contributed by atoms with Crippen LogP contribution in [0.25, 0.3) is 0 Å². The van der Waals surface area contributed by atoms with Crippen molar-refractivity contribution in [3.8, 4) is 11.5 Å². The van der Waals surface area contributed by atoms with E-state index < -0.39 is 12.6 Å². The highest BCUT2D eigenvalue weighted by Crippen LogP contribution is 2.39. The summed E-state index contributed by atoms with van der Waals surface area (Å²) in [4.78, 5) is -0.367. The Labute approximate surface area is 119 Å². The lowest BCUT2D eigenvalue weighted by atomic mass is 10.0. The summed E-state index contributed by atoms with van der Waals surface area (Å²) in [5, 5.41) is 0. The summed E-state index contributed by atoms with van der Waals surface area (Å²) < 4.78 is 47.0. The van der Waals surface area contributed by atoms with Crippen molar-refractivity contribution in [1.29, 1.82) is 0 Å². The molecule has 0 aliphatic heterocycles. The zero-order valence-corrected chi connectivity index (χ0v) is 12.6. The molecule has 108 valence electrons. The average Bonchev–Trinajstić information content (AvgIpc) is 2.34. The van der Waals surface area contributed by atoms with Crippen LogP contribution < -0.4 is 9.47 Å². The van der Waals surface area contributed by atoms with Gasteiger partial charge in [0.15, 0.2) is 11.5 Å². The normalized spacial score (nSPS) is 13.2. The smallest absolute Gasteiger partial charge is 0.389 e. The summed E-state index contributed by atoms with van der Waals surface area (Å²) in [6.45, 7) is 1.83. The van der Waals surface area contributed by atoms with E-state index in [2.05, 4.69) is 15.9 Å². The third kappa shape index (κ3) is 4.60. The lowest BCUT2D eigenvalue weighted by Crippen LogP contribution is -2.08. The van der Waals surface area contributed by atoms with E-state index in [1.54, 1.807) is 12.1 Å². The first-order valence-electron chi connectivity index (χ1n) is 5.72. The van der Waals surface area contributed by atoms with Gasteiger partial charge in [0, 0.05) is 11.2 Å². The first-order chi connectivity index (χ1) is 8.78. The molecule has 0 aromatic heterocycles. The molecule has 0 bridgehead atoms. The first kappa shape index (κ1) is 16.1. The molecule has 2 nitrogen and oxygen atoms in total. The second-order valence-electron chi connectivity index (χ2n) is 4.19. The standard InChI is InChI=1S/C13H16BrF3O2/c1-8-6-11(18-2)12(19-3)7-9(8)10(14)4-5-13(15,16)17/h6-7,10H,4-5H2,1-3H3. The maximum absolute atomic E-state index is 12.2. The van der Waals surface area contributed by atoms with Gasteiger partial charge in [-0.1, -0.05) is 15.9 Å². The zero-order valence-electron chi connectivity index (χ0n) is 11.0. The summed E-state index contributed by atoms with van der Waals surface area (Å²) in [5.74, 6) is 1.08. The molecule has 0 amide bonds. The molecule has 1 atom stereocenters. The largest absolute Gasteiger partial charge is 0.493 e. The topological polar surface area (TPSA) is 18.5 Å². The van der Waals surface area contributed by atoms with Crippen LogP contribution in [0.4, 0.5) is 13.2 Å². The van der Waals surface area contributed by atoms with Gasteiger partial charge in [0.1, 0.15) is 0 Å². The number of ether oxygens (including phenoxy) is 2. The van der Waals surface area contributed by atoms with Gasteiger partial charge in [0.2, 0.25) is 0 Å². The first-order valence-corrected chi connectivity index (χ1v) is 6.63. The Morgan fingerprint density at radius 3 is 2.16 bits per heavy atom. The van der Waals surface area contributed by atoms with Gasteiger partial charge in [0.05, 0.1) is 14.2 Å². The van der Waals surface area contributed by atoms with E-state index >= 15 is 0 Å². The summed E-state index contributed by atoms with van der Waals surface area (Å²) in [6, 6.07) is 3.47. The molecule has 0 aliphatic rings. The van der Waals surface area contributed by atoms with Crippen LogP contribution in [0, 0.1) is 6.92 Å². The molecule has 0 aliphatic carbocycles. The van der Waals surface area contributed by atoms with E-state index in [4.69, 9.17) is 9.47 Å². The lowest BCUT2D eigenvalue weighted by molar-refractivity contribution is -0.135. The van der Waals surface area contributed by atoms with Gasteiger partial charge in [-0.3, -0.25) is 0 Å². The predicted molar refractivity (Wildman–Crippen MR) is 71.2 cm³/mol. The van der Waals surface area contributed by atoms with Crippen LogP contribution in [0.3, 0.4) is 0 Å². The van der Waals surface area contributed by atoms with E-state index in [-0.39, 0.29) is 11.2 Å². The lowest BCUT2D eigenvalue weighted by Gasteiger charge is -2.17. The molecule has 1 rings (SSSR count). The molecule has 6 heteroatoms. The van der Waals surface area contributed by atoms with E-state index in [9.17, 15) is 13.2 Å². The van der Waals surface area contributed by atoms with Gasteiger partial charge in [0.25, 0.3) is 0 Å².